The minimum atomic E-state index is 0.0178. The number of likely N-dealkylation sites (N-methyl/N-ethyl adjacent to an activating group) is 1. The van der Waals surface area contributed by atoms with E-state index in [1.807, 2.05) is 46.0 Å². The highest BCUT2D eigenvalue weighted by molar-refractivity contribution is 5.99. The number of methoxy groups -OCH3 is 1. The quantitative estimate of drug-likeness (QED) is 0.858. The second-order valence-corrected chi connectivity index (χ2v) is 4.80. The second kappa shape index (κ2) is 7.14. The van der Waals surface area contributed by atoms with E-state index in [0.29, 0.717) is 12.2 Å². The molecule has 0 saturated heterocycles. The van der Waals surface area contributed by atoms with Gasteiger partial charge in [-0.3, -0.25) is 4.79 Å². The second-order valence-electron chi connectivity index (χ2n) is 4.80. The van der Waals surface area contributed by atoms with E-state index >= 15 is 0 Å². The molecule has 1 unspecified atom stereocenters. The summed E-state index contributed by atoms with van der Waals surface area (Å²) in [5.41, 5.74) is 2.68. The third kappa shape index (κ3) is 3.96. The molecule has 1 aromatic carbocycles. The molecule has 0 aliphatic carbocycles. The molecule has 0 saturated carbocycles. The first-order valence-electron chi connectivity index (χ1n) is 6.61. The van der Waals surface area contributed by atoms with Crippen LogP contribution in [0.15, 0.2) is 18.2 Å². The van der Waals surface area contributed by atoms with Crippen LogP contribution < -0.4 is 5.32 Å². The molecule has 4 heteroatoms. The summed E-state index contributed by atoms with van der Waals surface area (Å²) >= 11 is 0. The maximum atomic E-state index is 12.5. The largest absolute Gasteiger partial charge is 0.385 e. The molecule has 1 N–H and O–H groups in total. The fraction of sp³-hybridized carbons (Fsp3) is 0.533. The molecule has 4 nitrogen and oxygen atoms in total. The summed E-state index contributed by atoms with van der Waals surface area (Å²) in [6.45, 7) is 7.31. The molecule has 106 valence electrons. The van der Waals surface area contributed by atoms with Gasteiger partial charge in [0.1, 0.15) is 0 Å². The van der Waals surface area contributed by atoms with E-state index in [9.17, 15) is 4.79 Å². The number of nitrogens with one attached hydrogen (secondary N) is 1. The van der Waals surface area contributed by atoms with Gasteiger partial charge in [-0.1, -0.05) is 11.6 Å². The van der Waals surface area contributed by atoms with Crippen molar-refractivity contribution in [2.24, 2.45) is 0 Å². The summed E-state index contributed by atoms with van der Waals surface area (Å²) in [6, 6.07) is 5.94. The molecule has 1 amide bonds. The van der Waals surface area contributed by atoms with Gasteiger partial charge in [0.05, 0.1) is 18.2 Å². The lowest BCUT2D eigenvalue weighted by Crippen LogP contribution is -2.38. The number of amides is 1. The highest BCUT2D eigenvalue weighted by Gasteiger charge is 2.20. The summed E-state index contributed by atoms with van der Waals surface area (Å²) < 4.78 is 5.10. The molecule has 1 rings (SSSR count). The van der Waals surface area contributed by atoms with Crippen LogP contribution in [0.3, 0.4) is 0 Å². The van der Waals surface area contributed by atoms with Crippen molar-refractivity contribution in [3.63, 3.8) is 0 Å². The Morgan fingerprint density at radius 2 is 2.16 bits per heavy atom. The molecular weight excluding hydrogens is 240 g/mol. The van der Waals surface area contributed by atoms with Crippen molar-refractivity contribution in [2.45, 2.75) is 26.8 Å². The SMILES string of the molecule is CCNc1ccc(C)cc1C(=O)N(C)C(C)COC. The van der Waals surface area contributed by atoms with E-state index in [4.69, 9.17) is 4.74 Å². The van der Waals surface area contributed by atoms with Crippen LogP contribution in [-0.2, 0) is 4.74 Å². The van der Waals surface area contributed by atoms with Crippen molar-refractivity contribution < 1.29 is 9.53 Å². The number of nitrogens with zero attached hydrogens (tertiary/aromatic N) is 1. The normalized spacial score (nSPS) is 12.1. The minimum absolute atomic E-state index is 0.0178. The Kier molecular flexibility index (Phi) is 5.83. The molecule has 0 aliphatic heterocycles. The Labute approximate surface area is 115 Å². The van der Waals surface area contributed by atoms with Crippen LogP contribution in [0.25, 0.3) is 0 Å². The van der Waals surface area contributed by atoms with Gasteiger partial charge in [-0.15, -0.1) is 0 Å². The first kappa shape index (κ1) is 15.5. The van der Waals surface area contributed by atoms with Crippen molar-refractivity contribution in [2.75, 3.05) is 32.6 Å². The van der Waals surface area contributed by atoms with Crippen LogP contribution in [0.2, 0.25) is 0 Å². The number of ether oxygens (including phenoxy) is 1. The minimum Gasteiger partial charge on any atom is -0.385 e. The summed E-state index contributed by atoms with van der Waals surface area (Å²) in [4.78, 5) is 14.3. The Bertz CT molecular complexity index is 432. The van der Waals surface area contributed by atoms with Crippen LogP contribution in [0.4, 0.5) is 5.69 Å². The number of benzene rings is 1. The lowest BCUT2D eigenvalue weighted by atomic mass is 10.1. The van der Waals surface area contributed by atoms with Gasteiger partial charge in [0.2, 0.25) is 0 Å². The van der Waals surface area contributed by atoms with Crippen LogP contribution in [-0.4, -0.2) is 44.2 Å². The van der Waals surface area contributed by atoms with Crippen LogP contribution in [0, 0.1) is 6.92 Å². The van der Waals surface area contributed by atoms with Crippen molar-refractivity contribution in [3.8, 4) is 0 Å². The Morgan fingerprint density at radius 3 is 2.74 bits per heavy atom. The maximum Gasteiger partial charge on any atom is 0.256 e. The number of anilines is 1. The molecule has 0 aliphatic rings. The van der Waals surface area contributed by atoms with Gasteiger partial charge in [0.15, 0.2) is 0 Å². The molecular formula is C15H24N2O2. The highest BCUT2D eigenvalue weighted by Crippen LogP contribution is 2.19. The van der Waals surface area contributed by atoms with Crippen molar-refractivity contribution >= 4 is 11.6 Å². The molecule has 1 aromatic rings. The standard InChI is InChI=1S/C15H24N2O2/c1-6-16-14-8-7-11(2)9-13(14)15(18)17(4)12(3)10-19-5/h7-9,12,16H,6,10H2,1-5H3. The third-order valence-corrected chi connectivity index (χ3v) is 3.16. The number of carbonyl (C=O) groups is 1. The summed E-state index contributed by atoms with van der Waals surface area (Å²) in [7, 11) is 3.45. The van der Waals surface area contributed by atoms with Crippen LogP contribution in [0.1, 0.15) is 29.8 Å². The van der Waals surface area contributed by atoms with Gasteiger partial charge in [0, 0.05) is 26.4 Å². The summed E-state index contributed by atoms with van der Waals surface area (Å²) in [6.07, 6.45) is 0. The van der Waals surface area contributed by atoms with Gasteiger partial charge in [-0.25, -0.2) is 0 Å². The summed E-state index contributed by atoms with van der Waals surface area (Å²) in [5.74, 6) is 0.0178. The Hall–Kier alpha value is -1.55. The van der Waals surface area contributed by atoms with Gasteiger partial charge in [0.25, 0.3) is 5.91 Å². The fourth-order valence-electron chi connectivity index (χ4n) is 1.92. The molecule has 0 fully saturated rings. The maximum absolute atomic E-state index is 12.5. The van der Waals surface area contributed by atoms with E-state index < -0.39 is 0 Å². The third-order valence-electron chi connectivity index (χ3n) is 3.16. The highest BCUT2D eigenvalue weighted by atomic mass is 16.5. The lowest BCUT2D eigenvalue weighted by molar-refractivity contribution is 0.0634. The van der Waals surface area contributed by atoms with Crippen LogP contribution in [0.5, 0.6) is 0 Å². The number of carbonyl (C=O) groups excluding carboxylic acids is 1. The van der Waals surface area contributed by atoms with Crippen molar-refractivity contribution in [3.05, 3.63) is 29.3 Å². The van der Waals surface area contributed by atoms with Gasteiger partial charge in [-0.2, -0.15) is 0 Å². The van der Waals surface area contributed by atoms with E-state index in [1.165, 1.54) is 0 Å². The van der Waals surface area contributed by atoms with E-state index in [0.717, 1.165) is 17.8 Å². The van der Waals surface area contributed by atoms with Gasteiger partial charge < -0.3 is 15.0 Å². The monoisotopic (exact) mass is 264 g/mol. The van der Waals surface area contributed by atoms with E-state index in [-0.39, 0.29) is 11.9 Å². The molecule has 0 aromatic heterocycles. The van der Waals surface area contributed by atoms with E-state index in [2.05, 4.69) is 5.32 Å². The summed E-state index contributed by atoms with van der Waals surface area (Å²) in [5, 5.41) is 3.23. The van der Waals surface area contributed by atoms with E-state index in [1.54, 1.807) is 12.0 Å². The molecule has 0 bridgehead atoms. The molecule has 0 radical (unpaired) electrons. The first-order valence-corrected chi connectivity index (χ1v) is 6.61. The number of rotatable bonds is 6. The number of hydrogen-bond acceptors (Lipinski definition) is 3. The average Bonchev–Trinajstić information content (AvgIpc) is 2.39. The fourth-order valence-corrected chi connectivity index (χ4v) is 1.92. The molecule has 0 heterocycles. The topological polar surface area (TPSA) is 41.6 Å². The van der Waals surface area contributed by atoms with Crippen LogP contribution >= 0.6 is 0 Å². The molecule has 1 atom stereocenters. The predicted molar refractivity (Wildman–Crippen MR) is 78.8 cm³/mol. The van der Waals surface area contributed by atoms with Crippen molar-refractivity contribution in [1.29, 1.82) is 0 Å². The smallest absolute Gasteiger partial charge is 0.256 e. The zero-order valence-corrected chi connectivity index (χ0v) is 12.5. The molecule has 0 spiro atoms. The Morgan fingerprint density at radius 1 is 1.47 bits per heavy atom. The van der Waals surface area contributed by atoms with Gasteiger partial charge >= 0.3 is 0 Å². The van der Waals surface area contributed by atoms with Gasteiger partial charge in [-0.05, 0) is 32.9 Å². The number of hydrogen-bond donors (Lipinski definition) is 1. The molecule has 19 heavy (non-hydrogen) atoms. The zero-order chi connectivity index (χ0) is 14.4. The zero-order valence-electron chi connectivity index (χ0n) is 12.5. The lowest BCUT2D eigenvalue weighted by Gasteiger charge is -2.25. The predicted octanol–water partition coefficient (Wildman–Crippen LogP) is 2.53. The Balaban J connectivity index is 3.00. The first-order chi connectivity index (χ1) is 9.01. The van der Waals surface area contributed by atoms with Crippen molar-refractivity contribution in [1.82, 2.24) is 4.90 Å². The number of aryl methyl sites for hydroxylation is 1. The average molecular weight is 264 g/mol.